The SMILES string of the molecule is C=C(OC(=O)c1ccc(O)c(OC)c1)C(CC(C)(O)C(=O)O)OC(=O)c1ccc(O)c(OC)c1. The molecule has 0 aliphatic carbocycles. The maximum absolute atomic E-state index is 12.7. The van der Waals surface area contributed by atoms with Crippen LogP contribution in [0.5, 0.6) is 23.0 Å². The molecule has 0 amide bonds. The Morgan fingerprint density at radius 3 is 1.85 bits per heavy atom. The molecule has 34 heavy (non-hydrogen) atoms. The van der Waals surface area contributed by atoms with Crippen molar-refractivity contribution in [1.29, 1.82) is 0 Å². The molecule has 0 aliphatic rings. The van der Waals surface area contributed by atoms with Gasteiger partial charge in [-0.15, -0.1) is 0 Å². The molecule has 0 saturated carbocycles. The predicted molar refractivity (Wildman–Crippen MR) is 116 cm³/mol. The van der Waals surface area contributed by atoms with Gasteiger partial charge in [0.2, 0.25) is 0 Å². The number of carbonyl (C=O) groups excluding carboxylic acids is 2. The van der Waals surface area contributed by atoms with Crippen molar-refractivity contribution >= 4 is 17.9 Å². The summed E-state index contributed by atoms with van der Waals surface area (Å²) in [6, 6.07) is 7.23. The number of carbonyl (C=O) groups is 3. The zero-order valence-electron chi connectivity index (χ0n) is 18.6. The molecular weight excluding hydrogens is 452 g/mol. The molecule has 2 aromatic carbocycles. The maximum Gasteiger partial charge on any atom is 0.343 e. The summed E-state index contributed by atoms with van der Waals surface area (Å²) in [5.41, 5.74) is -2.49. The molecule has 0 aliphatic heterocycles. The van der Waals surface area contributed by atoms with Crippen LogP contribution < -0.4 is 9.47 Å². The number of carboxylic acid groups (broad SMARTS) is 1. The number of hydrogen-bond donors (Lipinski definition) is 4. The van der Waals surface area contributed by atoms with E-state index in [1.807, 2.05) is 0 Å². The van der Waals surface area contributed by atoms with Crippen LogP contribution in [0.3, 0.4) is 0 Å². The topological polar surface area (TPSA) is 169 Å². The van der Waals surface area contributed by atoms with E-state index in [-0.39, 0.29) is 34.1 Å². The minimum Gasteiger partial charge on any atom is -0.504 e. The highest BCUT2D eigenvalue weighted by Gasteiger charge is 2.37. The monoisotopic (exact) mass is 476 g/mol. The summed E-state index contributed by atoms with van der Waals surface area (Å²) >= 11 is 0. The molecule has 0 aromatic heterocycles. The van der Waals surface area contributed by atoms with E-state index in [2.05, 4.69) is 6.58 Å². The average molecular weight is 476 g/mol. The Balaban J connectivity index is 2.29. The van der Waals surface area contributed by atoms with Crippen molar-refractivity contribution in [3.8, 4) is 23.0 Å². The smallest absolute Gasteiger partial charge is 0.343 e. The number of rotatable bonds is 10. The highest BCUT2D eigenvalue weighted by atomic mass is 16.6. The molecule has 0 bridgehead atoms. The van der Waals surface area contributed by atoms with Gasteiger partial charge in [-0.3, -0.25) is 0 Å². The Morgan fingerprint density at radius 2 is 1.41 bits per heavy atom. The molecule has 0 saturated heterocycles. The Hall–Kier alpha value is -4.25. The number of ether oxygens (including phenoxy) is 4. The fourth-order valence-electron chi connectivity index (χ4n) is 2.72. The second-order valence-electron chi connectivity index (χ2n) is 7.31. The summed E-state index contributed by atoms with van der Waals surface area (Å²) in [5.74, 6) is -4.50. The first-order valence-electron chi connectivity index (χ1n) is 9.71. The molecule has 0 radical (unpaired) electrons. The molecule has 2 aromatic rings. The van der Waals surface area contributed by atoms with Crippen molar-refractivity contribution in [1.82, 2.24) is 0 Å². The van der Waals surface area contributed by atoms with Crippen molar-refractivity contribution in [2.24, 2.45) is 0 Å². The second kappa shape index (κ2) is 10.6. The third-order valence-corrected chi connectivity index (χ3v) is 4.71. The summed E-state index contributed by atoms with van der Waals surface area (Å²) in [5, 5.41) is 38.8. The minimum absolute atomic E-state index is 0.00173. The van der Waals surface area contributed by atoms with Crippen LogP contribution in [0.15, 0.2) is 48.7 Å². The lowest BCUT2D eigenvalue weighted by atomic mass is 9.97. The van der Waals surface area contributed by atoms with E-state index in [1.54, 1.807) is 0 Å². The van der Waals surface area contributed by atoms with Crippen LogP contribution in [-0.4, -0.2) is 64.3 Å². The molecule has 0 heterocycles. The van der Waals surface area contributed by atoms with Gasteiger partial charge in [0.05, 0.1) is 25.3 Å². The fourth-order valence-corrected chi connectivity index (χ4v) is 2.72. The number of esters is 2. The highest BCUT2D eigenvalue weighted by Crippen LogP contribution is 2.29. The van der Waals surface area contributed by atoms with Crippen molar-refractivity contribution in [2.75, 3.05) is 14.2 Å². The molecule has 2 atom stereocenters. The summed E-state index contributed by atoms with van der Waals surface area (Å²) in [6.45, 7) is 4.52. The highest BCUT2D eigenvalue weighted by molar-refractivity contribution is 5.92. The van der Waals surface area contributed by atoms with Crippen molar-refractivity contribution in [3.63, 3.8) is 0 Å². The van der Waals surface area contributed by atoms with E-state index in [9.17, 15) is 34.8 Å². The maximum atomic E-state index is 12.7. The first kappa shape index (κ1) is 26.0. The number of carboxylic acids is 1. The second-order valence-corrected chi connectivity index (χ2v) is 7.31. The van der Waals surface area contributed by atoms with E-state index in [0.717, 1.165) is 6.92 Å². The van der Waals surface area contributed by atoms with Crippen LogP contribution >= 0.6 is 0 Å². The first-order valence-corrected chi connectivity index (χ1v) is 9.71. The van der Waals surface area contributed by atoms with E-state index in [1.165, 1.54) is 50.6 Å². The molecule has 2 rings (SSSR count). The van der Waals surface area contributed by atoms with Crippen LogP contribution in [0.1, 0.15) is 34.1 Å². The summed E-state index contributed by atoms with van der Waals surface area (Å²) in [4.78, 5) is 36.6. The lowest BCUT2D eigenvalue weighted by Gasteiger charge is -2.26. The van der Waals surface area contributed by atoms with Crippen LogP contribution in [-0.2, 0) is 14.3 Å². The third kappa shape index (κ3) is 6.17. The number of benzene rings is 2. The van der Waals surface area contributed by atoms with Crippen LogP contribution in [0, 0.1) is 0 Å². The number of aliphatic hydroxyl groups is 1. The van der Waals surface area contributed by atoms with Gasteiger partial charge in [-0.1, -0.05) is 6.58 Å². The van der Waals surface area contributed by atoms with E-state index in [4.69, 9.17) is 18.9 Å². The zero-order chi connectivity index (χ0) is 25.6. The van der Waals surface area contributed by atoms with Gasteiger partial charge in [0.25, 0.3) is 0 Å². The van der Waals surface area contributed by atoms with Gasteiger partial charge in [-0.2, -0.15) is 0 Å². The van der Waals surface area contributed by atoms with Crippen LogP contribution in [0.4, 0.5) is 0 Å². The summed E-state index contributed by atoms with van der Waals surface area (Å²) in [6.07, 6.45) is -2.27. The van der Waals surface area contributed by atoms with Crippen LogP contribution in [0.25, 0.3) is 0 Å². The van der Waals surface area contributed by atoms with Gasteiger partial charge in [0, 0.05) is 6.42 Å². The van der Waals surface area contributed by atoms with E-state index in [0.29, 0.717) is 0 Å². The predicted octanol–water partition coefficient (Wildman–Crippen LogP) is 2.24. The quantitative estimate of drug-likeness (QED) is 0.293. The largest absolute Gasteiger partial charge is 0.504 e. The van der Waals surface area contributed by atoms with Gasteiger partial charge in [0.15, 0.2) is 34.7 Å². The van der Waals surface area contributed by atoms with E-state index >= 15 is 0 Å². The molecular formula is C23H24O11. The van der Waals surface area contributed by atoms with Crippen molar-refractivity contribution < 1.29 is 53.8 Å². The van der Waals surface area contributed by atoms with Crippen molar-refractivity contribution in [3.05, 3.63) is 59.9 Å². The fraction of sp³-hybridized carbons (Fsp3) is 0.261. The van der Waals surface area contributed by atoms with Crippen LogP contribution in [0.2, 0.25) is 0 Å². The van der Waals surface area contributed by atoms with Gasteiger partial charge in [-0.25, -0.2) is 14.4 Å². The van der Waals surface area contributed by atoms with Gasteiger partial charge in [-0.05, 0) is 43.3 Å². The minimum atomic E-state index is -2.37. The molecule has 11 nitrogen and oxygen atoms in total. The lowest BCUT2D eigenvalue weighted by Crippen LogP contribution is -2.40. The number of aromatic hydroxyl groups is 2. The number of phenols is 2. The number of methoxy groups -OCH3 is 2. The Labute approximate surface area is 194 Å². The van der Waals surface area contributed by atoms with E-state index < -0.39 is 41.8 Å². The number of aliphatic carboxylic acids is 1. The summed E-state index contributed by atoms with van der Waals surface area (Å²) < 4.78 is 20.3. The third-order valence-electron chi connectivity index (χ3n) is 4.71. The number of hydrogen-bond acceptors (Lipinski definition) is 10. The molecule has 4 N–H and O–H groups in total. The number of phenolic OH excluding ortho intramolecular Hbond substituents is 2. The molecule has 0 spiro atoms. The molecule has 2 unspecified atom stereocenters. The van der Waals surface area contributed by atoms with Gasteiger partial charge >= 0.3 is 17.9 Å². The Kier molecular flexibility index (Phi) is 8.09. The van der Waals surface area contributed by atoms with Crippen molar-refractivity contribution in [2.45, 2.75) is 25.0 Å². The first-order chi connectivity index (χ1) is 15.9. The zero-order valence-corrected chi connectivity index (χ0v) is 18.6. The standard InChI is InChI=1S/C23H24O11/c1-12(33-20(26)13-5-7-15(24)17(9-13)31-3)19(11-23(2,30)22(28)29)34-21(27)14-6-8-16(25)18(10-14)32-4/h5-10,19,24-25,30H,1,11H2,2-4H3,(H,28,29). The Morgan fingerprint density at radius 1 is 0.941 bits per heavy atom. The Bertz CT molecular complexity index is 1100. The van der Waals surface area contributed by atoms with Gasteiger partial charge < -0.3 is 39.4 Å². The normalized spacial score (nSPS) is 13.2. The van der Waals surface area contributed by atoms with Gasteiger partial charge in [0.1, 0.15) is 5.76 Å². The summed E-state index contributed by atoms with van der Waals surface area (Å²) in [7, 11) is 2.56. The molecule has 11 heteroatoms. The molecule has 182 valence electrons. The lowest BCUT2D eigenvalue weighted by molar-refractivity contribution is -0.159. The molecule has 0 fully saturated rings. The average Bonchev–Trinajstić information content (AvgIpc) is 2.78.